The van der Waals surface area contributed by atoms with Gasteiger partial charge in [0.2, 0.25) is 5.28 Å². The highest BCUT2D eigenvalue weighted by atomic mass is 35.5. The van der Waals surface area contributed by atoms with Gasteiger partial charge in [-0.1, -0.05) is 0 Å². The predicted octanol–water partition coefficient (Wildman–Crippen LogP) is 1.83. The zero-order valence-electron chi connectivity index (χ0n) is 6.95. The number of pyridine rings is 1. The van der Waals surface area contributed by atoms with Gasteiger partial charge in [0.1, 0.15) is 0 Å². The molecule has 0 aliphatic rings. The van der Waals surface area contributed by atoms with Crippen LogP contribution in [0.4, 0.5) is 0 Å². The number of nitrogens with zero attached hydrogens (tertiary/aromatic N) is 3. The fraction of sp³-hybridized carbons (Fsp3) is 0.125. The molecule has 13 heavy (non-hydrogen) atoms. The number of rotatable bonds is 1. The lowest BCUT2D eigenvalue weighted by Crippen LogP contribution is -1.86. The lowest BCUT2D eigenvalue weighted by Gasteiger charge is -1.97. The van der Waals surface area contributed by atoms with Crippen molar-refractivity contribution in [2.24, 2.45) is 0 Å². The van der Waals surface area contributed by atoms with Crippen LogP contribution in [0.15, 0.2) is 18.5 Å². The van der Waals surface area contributed by atoms with Crippen LogP contribution in [0.25, 0.3) is 11.4 Å². The molecule has 0 radical (unpaired) electrons. The van der Waals surface area contributed by atoms with Crippen molar-refractivity contribution in [3.63, 3.8) is 0 Å². The van der Waals surface area contributed by atoms with E-state index in [9.17, 15) is 0 Å². The van der Waals surface area contributed by atoms with Crippen molar-refractivity contribution in [1.82, 2.24) is 20.2 Å². The highest BCUT2D eigenvalue weighted by Gasteiger charge is 2.06. The van der Waals surface area contributed by atoms with Gasteiger partial charge in [-0.15, -0.1) is 0 Å². The van der Waals surface area contributed by atoms with Crippen LogP contribution in [-0.4, -0.2) is 20.2 Å². The molecule has 0 aliphatic carbocycles. The lowest BCUT2D eigenvalue weighted by atomic mass is 10.1. The molecule has 66 valence electrons. The quantitative estimate of drug-likeness (QED) is 0.754. The van der Waals surface area contributed by atoms with Crippen molar-refractivity contribution < 1.29 is 0 Å². The van der Waals surface area contributed by atoms with Crippen molar-refractivity contribution >= 4 is 11.6 Å². The topological polar surface area (TPSA) is 54.5 Å². The van der Waals surface area contributed by atoms with E-state index in [-0.39, 0.29) is 0 Å². The average Bonchev–Trinajstić information content (AvgIpc) is 2.53. The number of H-pyrrole nitrogens is 1. The van der Waals surface area contributed by atoms with E-state index >= 15 is 0 Å². The van der Waals surface area contributed by atoms with Crippen LogP contribution in [0.3, 0.4) is 0 Å². The zero-order chi connectivity index (χ0) is 9.26. The van der Waals surface area contributed by atoms with Crippen molar-refractivity contribution in [3.05, 3.63) is 29.3 Å². The molecule has 0 saturated carbocycles. The summed E-state index contributed by atoms with van der Waals surface area (Å²) in [7, 11) is 0. The summed E-state index contributed by atoms with van der Waals surface area (Å²) in [5, 5.41) is 6.80. The number of hydrogen-bond donors (Lipinski definition) is 1. The van der Waals surface area contributed by atoms with Crippen molar-refractivity contribution in [2.75, 3.05) is 0 Å². The standard InChI is InChI=1S/C8H7ClN4/c1-5-2-3-10-4-6(5)7-11-8(9)13-12-7/h2-4H,1H3,(H,11,12,13). The number of hydrogen-bond acceptors (Lipinski definition) is 3. The van der Waals surface area contributed by atoms with E-state index in [1.807, 2.05) is 13.0 Å². The number of halogens is 1. The molecule has 2 rings (SSSR count). The van der Waals surface area contributed by atoms with Gasteiger partial charge in [0.25, 0.3) is 0 Å². The molecule has 0 spiro atoms. The minimum Gasteiger partial charge on any atom is -0.264 e. The first-order valence-corrected chi connectivity index (χ1v) is 4.14. The lowest BCUT2D eigenvalue weighted by molar-refractivity contribution is 1.09. The Balaban J connectivity index is 2.52. The van der Waals surface area contributed by atoms with Gasteiger partial charge in [-0.25, -0.2) is 5.10 Å². The molecule has 2 aromatic heterocycles. The summed E-state index contributed by atoms with van der Waals surface area (Å²) in [4.78, 5) is 7.99. The summed E-state index contributed by atoms with van der Waals surface area (Å²) in [6.07, 6.45) is 3.45. The molecule has 0 aromatic carbocycles. The monoisotopic (exact) mass is 194 g/mol. The second-order valence-corrected chi connectivity index (χ2v) is 3.00. The molecule has 0 saturated heterocycles. The summed E-state index contributed by atoms with van der Waals surface area (Å²) in [6, 6.07) is 1.90. The van der Waals surface area contributed by atoms with Gasteiger partial charge in [0.15, 0.2) is 5.82 Å². The molecule has 0 unspecified atom stereocenters. The molecule has 4 nitrogen and oxygen atoms in total. The summed E-state index contributed by atoms with van der Waals surface area (Å²) in [5.41, 5.74) is 1.97. The predicted molar refractivity (Wildman–Crippen MR) is 49.4 cm³/mol. The minimum atomic E-state index is 0.290. The van der Waals surface area contributed by atoms with Gasteiger partial charge < -0.3 is 0 Å². The molecule has 0 fully saturated rings. The molecular formula is C8H7ClN4. The maximum absolute atomic E-state index is 5.61. The molecule has 2 aromatic rings. The Morgan fingerprint density at radius 2 is 2.31 bits per heavy atom. The molecule has 0 aliphatic heterocycles. The summed E-state index contributed by atoms with van der Waals surface area (Å²) in [6.45, 7) is 1.97. The van der Waals surface area contributed by atoms with E-state index in [4.69, 9.17) is 11.6 Å². The van der Waals surface area contributed by atoms with Gasteiger partial charge in [0, 0.05) is 18.0 Å². The van der Waals surface area contributed by atoms with Crippen LogP contribution < -0.4 is 0 Å². The van der Waals surface area contributed by atoms with E-state index in [0.29, 0.717) is 11.1 Å². The van der Waals surface area contributed by atoms with Gasteiger partial charge in [0.05, 0.1) is 0 Å². The normalized spacial score (nSPS) is 10.3. The Labute approximate surface area is 80.0 Å². The first-order chi connectivity index (χ1) is 6.27. The number of aromatic amines is 1. The van der Waals surface area contributed by atoms with Gasteiger partial charge in [-0.05, 0) is 30.2 Å². The van der Waals surface area contributed by atoms with E-state index in [2.05, 4.69) is 20.2 Å². The number of aryl methyl sites for hydroxylation is 1. The van der Waals surface area contributed by atoms with E-state index < -0.39 is 0 Å². The SMILES string of the molecule is Cc1ccncc1-c1n[nH]c(Cl)n1. The van der Waals surface area contributed by atoms with Crippen LogP contribution in [0, 0.1) is 6.92 Å². The third kappa shape index (κ3) is 1.53. The highest BCUT2D eigenvalue weighted by Crippen LogP contribution is 2.18. The van der Waals surface area contributed by atoms with E-state index in [0.717, 1.165) is 11.1 Å². The maximum atomic E-state index is 5.61. The Morgan fingerprint density at radius 1 is 1.46 bits per heavy atom. The van der Waals surface area contributed by atoms with Crippen LogP contribution in [0.5, 0.6) is 0 Å². The van der Waals surface area contributed by atoms with E-state index in [1.54, 1.807) is 12.4 Å². The summed E-state index contributed by atoms with van der Waals surface area (Å²) >= 11 is 5.61. The zero-order valence-corrected chi connectivity index (χ0v) is 7.71. The largest absolute Gasteiger partial charge is 0.264 e. The van der Waals surface area contributed by atoms with E-state index in [1.165, 1.54) is 0 Å². The third-order valence-corrected chi connectivity index (χ3v) is 1.91. The first kappa shape index (κ1) is 8.19. The minimum absolute atomic E-state index is 0.290. The molecule has 1 N–H and O–H groups in total. The second-order valence-electron chi connectivity index (χ2n) is 2.64. The van der Waals surface area contributed by atoms with Crippen LogP contribution in [0.2, 0.25) is 5.28 Å². The fourth-order valence-corrected chi connectivity index (χ4v) is 1.18. The average molecular weight is 195 g/mol. The molecule has 0 atom stereocenters. The summed E-state index contributed by atoms with van der Waals surface area (Å²) in [5.74, 6) is 0.579. The molecular weight excluding hydrogens is 188 g/mol. The second kappa shape index (κ2) is 3.14. The third-order valence-electron chi connectivity index (χ3n) is 1.74. The molecule has 5 heteroatoms. The van der Waals surface area contributed by atoms with Gasteiger partial charge in [-0.2, -0.15) is 10.1 Å². The Kier molecular flexibility index (Phi) is 1.98. The van der Waals surface area contributed by atoms with Crippen LogP contribution in [-0.2, 0) is 0 Å². The Bertz CT molecular complexity index is 424. The highest BCUT2D eigenvalue weighted by molar-refractivity contribution is 6.28. The maximum Gasteiger partial charge on any atom is 0.218 e. The molecule has 2 heterocycles. The number of aromatic nitrogens is 4. The van der Waals surface area contributed by atoms with Gasteiger partial charge >= 0.3 is 0 Å². The summed E-state index contributed by atoms with van der Waals surface area (Å²) < 4.78 is 0. The first-order valence-electron chi connectivity index (χ1n) is 3.76. The molecule has 0 amide bonds. The van der Waals surface area contributed by atoms with Crippen molar-refractivity contribution in [2.45, 2.75) is 6.92 Å². The Morgan fingerprint density at radius 3 is 2.92 bits per heavy atom. The van der Waals surface area contributed by atoms with Crippen molar-refractivity contribution in [1.29, 1.82) is 0 Å². The van der Waals surface area contributed by atoms with Crippen LogP contribution >= 0.6 is 11.6 Å². The number of nitrogens with one attached hydrogen (secondary N) is 1. The molecule has 0 bridgehead atoms. The van der Waals surface area contributed by atoms with Crippen LogP contribution in [0.1, 0.15) is 5.56 Å². The van der Waals surface area contributed by atoms with Crippen molar-refractivity contribution in [3.8, 4) is 11.4 Å². The Hall–Kier alpha value is -1.42. The fourth-order valence-electron chi connectivity index (χ4n) is 1.06. The van der Waals surface area contributed by atoms with Gasteiger partial charge in [-0.3, -0.25) is 4.98 Å². The smallest absolute Gasteiger partial charge is 0.218 e.